The number of nitrogens with zero attached hydrogens (tertiary/aromatic N) is 1. The fourth-order valence-corrected chi connectivity index (χ4v) is 1.68. The summed E-state index contributed by atoms with van der Waals surface area (Å²) < 4.78 is 51.6. The van der Waals surface area contributed by atoms with Crippen molar-refractivity contribution < 1.29 is 22.4 Å². The van der Waals surface area contributed by atoms with Crippen LogP contribution in [0.5, 0.6) is 0 Å². The van der Waals surface area contributed by atoms with Gasteiger partial charge < -0.3 is 0 Å². The zero-order valence-corrected chi connectivity index (χ0v) is 9.41. The fourth-order valence-electron chi connectivity index (χ4n) is 1.68. The highest BCUT2D eigenvalue weighted by atomic mass is 19.4. The third-order valence-corrected chi connectivity index (χ3v) is 2.54. The van der Waals surface area contributed by atoms with Crippen molar-refractivity contribution in [3.8, 4) is 11.1 Å². The lowest BCUT2D eigenvalue weighted by atomic mass is 10.00. The third kappa shape index (κ3) is 2.62. The first-order valence-electron chi connectivity index (χ1n) is 5.21. The molecule has 6 heteroatoms. The molecule has 0 radical (unpaired) electrons. The molecule has 0 spiro atoms. The van der Waals surface area contributed by atoms with E-state index in [4.69, 9.17) is 0 Å². The van der Waals surface area contributed by atoms with Crippen molar-refractivity contribution in [1.29, 1.82) is 0 Å². The number of aromatic nitrogens is 1. The smallest absolute Gasteiger partial charge is 0.298 e. The molecule has 98 valence electrons. The monoisotopic (exact) mass is 269 g/mol. The van der Waals surface area contributed by atoms with Crippen molar-refractivity contribution in [2.45, 2.75) is 6.18 Å². The van der Waals surface area contributed by atoms with Gasteiger partial charge in [-0.2, -0.15) is 17.6 Å². The average molecular weight is 269 g/mol. The molecule has 0 saturated carbocycles. The van der Waals surface area contributed by atoms with Gasteiger partial charge in [0.25, 0.3) is 0 Å². The Morgan fingerprint density at radius 2 is 1.84 bits per heavy atom. The lowest BCUT2D eigenvalue weighted by Gasteiger charge is -2.12. The molecule has 1 heterocycles. The van der Waals surface area contributed by atoms with Crippen molar-refractivity contribution >= 4 is 6.29 Å². The molecule has 0 atom stereocenters. The average Bonchev–Trinajstić information content (AvgIpc) is 2.38. The Hall–Kier alpha value is -2.24. The number of benzene rings is 1. The zero-order valence-electron chi connectivity index (χ0n) is 9.41. The van der Waals surface area contributed by atoms with Crippen LogP contribution in [0, 0.1) is 5.95 Å². The van der Waals surface area contributed by atoms with E-state index in [1.165, 1.54) is 18.2 Å². The molecule has 0 unspecified atom stereocenters. The van der Waals surface area contributed by atoms with Gasteiger partial charge in [-0.25, -0.2) is 4.98 Å². The van der Waals surface area contributed by atoms with Gasteiger partial charge in [0.05, 0.1) is 11.1 Å². The molecule has 0 aliphatic rings. The minimum Gasteiger partial charge on any atom is -0.298 e. The largest absolute Gasteiger partial charge is 0.417 e. The molecule has 0 aliphatic carbocycles. The first kappa shape index (κ1) is 13.2. The van der Waals surface area contributed by atoms with Crippen molar-refractivity contribution in [3.63, 3.8) is 0 Å². The Balaban J connectivity index is 2.63. The Morgan fingerprint density at radius 3 is 2.47 bits per heavy atom. The third-order valence-electron chi connectivity index (χ3n) is 2.54. The predicted octanol–water partition coefficient (Wildman–Crippen LogP) is 3.72. The van der Waals surface area contributed by atoms with E-state index >= 15 is 0 Å². The van der Waals surface area contributed by atoms with Crippen LogP contribution in [0.15, 0.2) is 36.5 Å². The summed E-state index contributed by atoms with van der Waals surface area (Å²) in [6.45, 7) is 0. The first-order valence-corrected chi connectivity index (χ1v) is 5.21. The summed E-state index contributed by atoms with van der Waals surface area (Å²) >= 11 is 0. The number of carbonyl (C=O) groups is 1. The molecule has 0 bridgehead atoms. The Bertz CT molecular complexity index is 622. The second-order valence-electron chi connectivity index (χ2n) is 3.77. The summed E-state index contributed by atoms with van der Waals surface area (Å²) in [5.74, 6) is -1.01. The molecule has 1 aromatic carbocycles. The van der Waals surface area contributed by atoms with E-state index in [1.54, 1.807) is 0 Å². The van der Waals surface area contributed by atoms with Gasteiger partial charge in [-0.05, 0) is 17.7 Å². The summed E-state index contributed by atoms with van der Waals surface area (Å²) in [7, 11) is 0. The quantitative estimate of drug-likeness (QED) is 0.472. The summed E-state index contributed by atoms with van der Waals surface area (Å²) in [5.41, 5.74) is -1.35. The number of pyridine rings is 1. The fraction of sp³-hybridized carbons (Fsp3) is 0.0769. The molecule has 2 rings (SSSR count). The summed E-state index contributed by atoms with van der Waals surface area (Å²) in [6, 6.07) is 5.88. The van der Waals surface area contributed by atoms with Gasteiger partial charge in [0.15, 0.2) is 6.29 Å². The van der Waals surface area contributed by atoms with Gasteiger partial charge in [-0.3, -0.25) is 4.79 Å². The lowest BCUT2D eigenvalue weighted by molar-refractivity contribution is -0.137. The van der Waals surface area contributed by atoms with Gasteiger partial charge in [-0.15, -0.1) is 0 Å². The van der Waals surface area contributed by atoms with Gasteiger partial charge in [0.1, 0.15) is 0 Å². The SMILES string of the molecule is O=Cc1cc(-c2ccccc2C(F)(F)F)cnc1F. The number of alkyl halides is 3. The minimum absolute atomic E-state index is 0.0384. The van der Waals surface area contributed by atoms with Crippen LogP contribution in [-0.2, 0) is 6.18 Å². The van der Waals surface area contributed by atoms with E-state index in [0.717, 1.165) is 18.3 Å². The topological polar surface area (TPSA) is 30.0 Å². The van der Waals surface area contributed by atoms with Crippen LogP contribution in [0.2, 0.25) is 0 Å². The van der Waals surface area contributed by atoms with Crippen molar-refractivity contribution in [3.05, 3.63) is 53.6 Å². The van der Waals surface area contributed by atoms with E-state index < -0.39 is 17.7 Å². The Morgan fingerprint density at radius 1 is 1.16 bits per heavy atom. The van der Waals surface area contributed by atoms with Crippen molar-refractivity contribution in [2.24, 2.45) is 0 Å². The van der Waals surface area contributed by atoms with Crippen LogP contribution in [0.3, 0.4) is 0 Å². The van der Waals surface area contributed by atoms with E-state index in [2.05, 4.69) is 4.98 Å². The second-order valence-corrected chi connectivity index (χ2v) is 3.77. The van der Waals surface area contributed by atoms with Gasteiger partial charge in [0, 0.05) is 11.8 Å². The Labute approximate surface area is 105 Å². The lowest BCUT2D eigenvalue weighted by Crippen LogP contribution is -2.07. The van der Waals surface area contributed by atoms with Crippen LogP contribution in [0.4, 0.5) is 17.6 Å². The van der Waals surface area contributed by atoms with Gasteiger partial charge >= 0.3 is 6.18 Å². The zero-order chi connectivity index (χ0) is 14.0. The second kappa shape index (κ2) is 4.79. The molecular weight excluding hydrogens is 262 g/mol. The van der Waals surface area contributed by atoms with E-state index in [1.807, 2.05) is 0 Å². The van der Waals surface area contributed by atoms with Crippen LogP contribution in [-0.4, -0.2) is 11.3 Å². The van der Waals surface area contributed by atoms with E-state index in [0.29, 0.717) is 0 Å². The molecule has 0 amide bonds. The summed E-state index contributed by atoms with van der Waals surface area (Å²) in [4.78, 5) is 13.9. The molecule has 0 aliphatic heterocycles. The molecule has 0 saturated heterocycles. The van der Waals surface area contributed by atoms with Crippen molar-refractivity contribution in [2.75, 3.05) is 0 Å². The molecule has 19 heavy (non-hydrogen) atoms. The highest BCUT2D eigenvalue weighted by Crippen LogP contribution is 2.36. The predicted molar refractivity (Wildman–Crippen MR) is 60.0 cm³/mol. The first-order chi connectivity index (χ1) is 8.93. The maximum absolute atomic E-state index is 13.1. The molecular formula is C13H7F4NO. The molecule has 2 nitrogen and oxygen atoms in total. The van der Waals surface area contributed by atoms with Crippen LogP contribution in [0.1, 0.15) is 15.9 Å². The standard InChI is InChI=1S/C13H7F4NO/c14-12-9(7-19)5-8(6-18-12)10-3-1-2-4-11(10)13(15,16)17/h1-7H. The number of aldehydes is 1. The van der Waals surface area contributed by atoms with Crippen LogP contribution < -0.4 is 0 Å². The van der Waals surface area contributed by atoms with Crippen molar-refractivity contribution in [1.82, 2.24) is 4.98 Å². The maximum atomic E-state index is 13.1. The minimum atomic E-state index is -4.54. The number of hydrogen-bond donors (Lipinski definition) is 0. The normalized spacial score (nSPS) is 11.4. The summed E-state index contributed by atoms with van der Waals surface area (Å²) in [6.07, 6.45) is -3.36. The highest BCUT2D eigenvalue weighted by Gasteiger charge is 2.33. The van der Waals surface area contributed by atoms with Crippen LogP contribution >= 0.6 is 0 Å². The Kier molecular flexibility index (Phi) is 3.33. The van der Waals surface area contributed by atoms with E-state index in [9.17, 15) is 22.4 Å². The molecule has 1 aromatic heterocycles. The molecule has 0 fully saturated rings. The number of halogens is 4. The van der Waals surface area contributed by atoms with E-state index in [-0.39, 0.29) is 23.0 Å². The number of hydrogen-bond acceptors (Lipinski definition) is 2. The molecule has 2 aromatic rings. The van der Waals surface area contributed by atoms with Gasteiger partial charge in [0.2, 0.25) is 5.95 Å². The van der Waals surface area contributed by atoms with Crippen LogP contribution in [0.25, 0.3) is 11.1 Å². The number of rotatable bonds is 2. The highest BCUT2D eigenvalue weighted by molar-refractivity contribution is 5.79. The molecule has 0 N–H and O–H groups in total. The van der Waals surface area contributed by atoms with Gasteiger partial charge in [-0.1, -0.05) is 18.2 Å². The summed E-state index contributed by atoms with van der Waals surface area (Å²) in [5, 5.41) is 0. The number of carbonyl (C=O) groups excluding carboxylic acids is 1. The maximum Gasteiger partial charge on any atom is 0.417 e.